The average molecular weight is 474 g/mol. The lowest BCUT2D eigenvalue weighted by molar-refractivity contribution is -0.124. The largest absolute Gasteiger partial charge is 0.497 e. The Hall–Kier alpha value is -4.00. The molecule has 1 unspecified atom stereocenters. The van der Waals surface area contributed by atoms with Crippen LogP contribution in [0, 0.1) is 0 Å². The fourth-order valence-electron chi connectivity index (χ4n) is 4.72. The van der Waals surface area contributed by atoms with Gasteiger partial charge in [0.15, 0.2) is 11.5 Å². The van der Waals surface area contributed by atoms with E-state index in [0.717, 1.165) is 29.4 Å². The Balaban J connectivity index is 2.13. The first-order valence-electron chi connectivity index (χ1n) is 11.7. The number of carbonyl (C=O) groups excluding carboxylic acids is 1. The van der Waals surface area contributed by atoms with Gasteiger partial charge in [-0.2, -0.15) is 0 Å². The lowest BCUT2D eigenvalue weighted by Crippen LogP contribution is -2.47. The van der Waals surface area contributed by atoms with Crippen molar-refractivity contribution in [2.24, 2.45) is 5.73 Å². The number of imidazole rings is 1. The standard InChI is InChI=1S/C28H31N3O4/c1-5-6-18-28(27(29)32,19-14-16-20(33-2)17-15-19)31-23-12-8-7-11-22(23)30-26(31)21-10-9-13-24(34-3)25(21)35-4/h7-17H,5-6,18H2,1-4H3,(H2,29,32). The Kier molecular flexibility index (Phi) is 6.96. The zero-order valence-electron chi connectivity index (χ0n) is 20.6. The summed E-state index contributed by atoms with van der Waals surface area (Å²) < 4.78 is 18.6. The van der Waals surface area contributed by atoms with Gasteiger partial charge < -0.3 is 24.5 Å². The maximum absolute atomic E-state index is 13.6. The van der Waals surface area contributed by atoms with Crippen LogP contribution in [0.2, 0.25) is 0 Å². The lowest BCUT2D eigenvalue weighted by atomic mass is 9.83. The molecule has 182 valence electrons. The van der Waals surface area contributed by atoms with Crippen LogP contribution in [-0.4, -0.2) is 36.8 Å². The Morgan fingerprint density at radius 3 is 2.31 bits per heavy atom. The van der Waals surface area contributed by atoms with E-state index in [9.17, 15) is 4.79 Å². The molecule has 1 aromatic heterocycles. The van der Waals surface area contributed by atoms with Gasteiger partial charge in [-0.1, -0.05) is 50.1 Å². The number of benzene rings is 3. The van der Waals surface area contributed by atoms with Crippen molar-refractivity contribution in [3.63, 3.8) is 0 Å². The van der Waals surface area contributed by atoms with Gasteiger partial charge in [-0.15, -0.1) is 0 Å². The number of unbranched alkanes of at least 4 members (excludes halogenated alkanes) is 1. The first-order valence-corrected chi connectivity index (χ1v) is 11.7. The molecule has 0 aliphatic heterocycles. The number of hydrogen-bond acceptors (Lipinski definition) is 5. The van der Waals surface area contributed by atoms with E-state index in [4.69, 9.17) is 24.9 Å². The SMILES string of the molecule is CCCCC(C(N)=O)(c1ccc(OC)cc1)n1c(-c2cccc(OC)c2OC)nc2ccccc21. The van der Waals surface area contributed by atoms with E-state index in [0.29, 0.717) is 35.1 Å². The van der Waals surface area contributed by atoms with Gasteiger partial charge in [-0.25, -0.2) is 4.98 Å². The lowest BCUT2D eigenvalue weighted by Gasteiger charge is -2.35. The summed E-state index contributed by atoms with van der Waals surface area (Å²) in [6, 6.07) is 20.9. The fraction of sp³-hybridized carbons (Fsp3) is 0.286. The number of ether oxygens (including phenoxy) is 3. The van der Waals surface area contributed by atoms with Crippen LogP contribution in [0.3, 0.4) is 0 Å². The number of methoxy groups -OCH3 is 3. The van der Waals surface area contributed by atoms with Crippen LogP contribution in [0.25, 0.3) is 22.4 Å². The molecule has 0 aliphatic carbocycles. The highest BCUT2D eigenvalue weighted by molar-refractivity contribution is 5.92. The van der Waals surface area contributed by atoms with E-state index in [1.807, 2.05) is 71.3 Å². The van der Waals surface area contributed by atoms with Crippen LogP contribution in [0.15, 0.2) is 66.7 Å². The van der Waals surface area contributed by atoms with Crippen LogP contribution >= 0.6 is 0 Å². The minimum atomic E-state index is -1.19. The van der Waals surface area contributed by atoms with Crippen molar-refractivity contribution in [3.05, 3.63) is 72.3 Å². The quantitative estimate of drug-likeness (QED) is 0.344. The summed E-state index contributed by atoms with van der Waals surface area (Å²) in [6.45, 7) is 2.10. The average Bonchev–Trinajstić information content (AvgIpc) is 3.28. The van der Waals surface area contributed by atoms with Gasteiger partial charge in [0, 0.05) is 0 Å². The molecule has 7 heteroatoms. The second kappa shape index (κ2) is 10.1. The molecule has 0 saturated heterocycles. The monoisotopic (exact) mass is 473 g/mol. The third kappa shape index (κ3) is 4.07. The summed E-state index contributed by atoms with van der Waals surface area (Å²) in [5.74, 6) is 1.93. The van der Waals surface area contributed by atoms with Crippen LogP contribution in [0.5, 0.6) is 17.2 Å². The third-order valence-corrected chi connectivity index (χ3v) is 6.45. The van der Waals surface area contributed by atoms with Crippen molar-refractivity contribution in [3.8, 4) is 28.6 Å². The molecule has 3 aromatic carbocycles. The number of primary amides is 1. The molecule has 0 aliphatic rings. The normalized spacial score (nSPS) is 12.8. The summed E-state index contributed by atoms with van der Waals surface area (Å²) in [7, 11) is 4.80. The van der Waals surface area contributed by atoms with Gasteiger partial charge in [0.1, 0.15) is 17.1 Å². The van der Waals surface area contributed by atoms with Crippen LogP contribution in [-0.2, 0) is 10.3 Å². The van der Waals surface area contributed by atoms with E-state index in [1.54, 1.807) is 21.3 Å². The van der Waals surface area contributed by atoms with Crippen molar-refractivity contribution in [1.29, 1.82) is 0 Å². The number of fused-ring (bicyclic) bond motifs is 1. The van der Waals surface area contributed by atoms with Crippen LogP contribution in [0.4, 0.5) is 0 Å². The maximum atomic E-state index is 13.6. The number of para-hydroxylation sites is 3. The smallest absolute Gasteiger partial charge is 0.248 e. The highest BCUT2D eigenvalue weighted by atomic mass is 16.5. The van der Waals surface area contributed by atoms with Crippen LogP contribution in [0.1, 0.15) is 31.7 Å². The number of nitrogens with zero attached hydrogens (tertiary/aromatic N) is 2. The Morgan fingerprint density at radius 2 is 1.69 bits per heavy atom. The molecule has 0 bridgehead atoms. The summed E-state index contributed by atoms with van der Waals surface area (Å²) >= 11 is 0. The molecule has 4 rings (SSSR count). The van der Waals surface area contributed by atoms with Gasteiger partial charge in [-0.05, 0) is 48.4 Å². The second-order valence-corrected chi connectivity index (χ2v) is 8.36. The minimum absolute atomic E-state index is 0.456. The second-order valence-electron chi connectivity index (χ2n) is 8.36. The van der Waals surface area contributed by atoms with Gasteiger partial charge in [0.05, 0.1) is 37.9 Å². The van der Waals surface area contributed by atoms with Gasteiger partial charge in [0.2, 0.25) is 5.91 Å². The number of carbonyl (C=O) groups is 1. The molecule has 0 spiro atoms. The van der Waals surface area contributed by atoms with Crippen molar-refractivity contribution < 1.29 is 19.0 Å². The Morgan fingerprint density at radius 1 is 0.943 bits per heavy atom. The number of nitrogens with two attached hydrogens (primary N) is 1. The highest BCUT2D eigenvalue weighted by Gasteiger charge is 2.43. The molecule has 0 saturated carbocycles. The molecule has 4 aromatic rings. The number of hydrogen-bond donors (Lipinski definition) is 1. The first kappa shape index (κ1) is 24.1. The van der Waals surface area contributed by atoms with E-state index >= 15 is 0 Å². The number of amides is 1. The molecule has 1 atom stereocenters. The molecule has 7 nitrogen and oxygen atoms in total. The molecule has 35 heavy (non-hydrogen) atoms. The summed E-state index contributed by atoms with van der Waals surface area (Å²) in [5, 5.41) is 0. The first-order chi connectivity index (χ1) is 17.0. The summed E-state index contributed by atoms with van der Waals surface area (Å²) in [4.78, 5) is 18.5. The van der Waals surface area contributed by atoms with E-state index < -0.39 is 11.4 Å². The number of rotatable bonds is 10. The van der Waals surface area contributed by atoms with Crippen LogP contribution < -0.4 is 19.9 Å². The number of aromatic nitrogens is 2. The molecule has 1 amide bonds. The Bertz CT molecular complexity index is 1330. The van der Waals surface area contributed by atoms with Crippen molar-refractivity contribution in [2.75, 3.05) is 21.3 Å². The molecule has 2 N–H and O–H groups in total. The van der Waals surface area contributed by atoms with Gasteiger partial charge >= 0.3 is 0 Å². The van der Waals surface area contributed by atoms with Gasteiger partial charge in [-0.3, -0.25) is 4.79 Å². The molecule has 0 fully saturated rings. The molecule has 1 heterocycles. The highest BCUT2D eigenvalue weighted by Crippen LogP contribution is 2.44. The molecular weight excluding hydrogens is 442 g/mol. The predicted molar refractivity (Wildman–Crippen MR) is 137 cm³/mol. The maximum Gasteiger partial charge on any atom is 0.248 e. The molecular formula is C28H31N3O4. The fourth-order valence-corrected chi connectivity index (χ4v) is 4.72. The Labute approximate surface area is 205 Å². The minimum Gasteiger partial charge on any atom is -0.497 e. The van der Waals surface area contributed by atoms with E-state index in [-0.39, 0.29) is 0 Å². The molecule has 0 radical (unpaired) electrons. The summed E-state index contributed by atoms with van der Waals surface area (Å²) in [6.07, 6.45) is 2.19. The zero-order valence-corrected chi connectivity index (χ0v) is 20.6. The summed E-state index contributed by atoms with van der Waals surface area (Å²) in [5.41, 5.74) is 8.14. The van der Waals surface area contributed by atoms with E-state index in [1.165, 1.54) is 0 Å². The zero-order chi connectivity index (χ0) is 25.0. The van der Waals surface area contributed by atoms with E-state index in [2.05, 4.69) is 6.92 Å². The van der Waals surface area contributed by atoms with Crippen molar-refractivity contribution in [1.82, 2.24) is 9.55 Å². The topological polar surface area (TPSA) is 88.6 Å². The third-order valence-electron chi connectivity index (χ3n) is 6.45. The van der Waals surface area contributed by atoms with Crippen molar-refractivity contribution in [2.45, 2.75) is 31.7 Å². The van der Waals surface area contributed by atoms with Gasteiger partial charge in [0.25, 0.3) is 0 Å². The van der Waals surface area contributed by atoms with Crippen molar-refractivity contribution >= 4 is 16.9 Å². The predicted octanol–water partition coefficient (Wildman–Crippen LogP) is 5.15.